The van der Waals surface area contributed by atoms with E-state index < -0.39 is 0 Å². The molecule has 2 atom stereocenters. The first-order valence-electron chi connectivity index (χ1n) is 9.43. The molecular formula is C20H25N3O3. The molecule has 2 aliphatic rings. The van der Waals surface area contributed by atoms with Crippen LogP contribution in [0.4, 0.5) is 0 Å². The SMILES string of the molecule is O=C(NCCc1c[nH]c2ccccc12)C1CC(=O)N(CC2CCCO2)C1. The number of hydrogen-bond donors (Lipinski definition) is 2. The molecule has 1 aromatic heterocycles. The predicted octanol–water partition coefficient (Wildman–Crippen LogP) is 1.85. The van der Waals surface area contributed by atoms with E-state index in [0.717, 1.165) is 31.4 Å². The van der Waals surface area contributed by atoms with E-state index in [1.54, 1.807) is 4.90 Å². The highest BCUT2D eigenvalue weighted by atomic mass is 16.5. The van der Waals surface area contributed by atoms with Crippen molar-refractivity contribution in [3.8, 4) is 0 Å². The van der Waals surface area contributed by atoms with E-state index in [9.17, 15) is 9.59 Å². The molecule has 0 bridgehead atoms. The molecule has 0 radical (unpaired) electrons. The van der Waals surface area contributed by atoms with Crippen molar-refractivity contribution >= 4 is 22.7 Å². The number of aromatic amines is 1. The van der Waals surface area contributed by atoms with Gasteiger partial charge in [0.15, 0.2) is 0 Å². The molecule has 0 spiro atoms. The summed E-state index contributed by atoms with van der Waals surface area (Å²) in [4.78, 5) is 29.6. The molecule has 4 rings (SSSR count). The Morgan fingerprint density at radius 1 is 1.35 bits per heavy atom. The number of carbonyl (C=O) groups is 2. The summed E-state index contributed by atoms with van der Waals surface area (Å²) in [6, 6.07) is 8.15. The van der Waals surface area contributed by atoms with Crippen LogP contribution in [-0.4, -0.2) is 54.0 Å². The van der Waals surface area contributed by atoms with Gasteiger partial charge in [0.25, 0.3) is 0 Å². The zero-order chi connectivity index (χ0) is 17.9. The topological polar surface area (TPSA) is 74.4 Å². The van der Waals surface area contributed by atoms with Crippen molar-refractivity contribution < 1.29 is 14.3 Å². The fraction of sp³-hybridized carbons (Fsp3) is 0.500. The zero-order valence-electron chi connectivity index (χ0n) is 14.9. The maximum Gasteiger partial charge on any atom is 0.225 e. The molecule has 2 amide bonds. The molecular weight excluding hydrogens is 330 g/mol. The minimum atomic E-state index is -0.244. The molecule has 6 heteroatoms. The highest BCUT2D eigenvalue weighted by Gasteiger charge is 2.35. The van der Waals surface area contributed by atoms with Crippen molar-refractivity contribution in [2.45, 2.75) is 31.8 Å². The van der Waals surface area contributed by atoms with Crippen molar-refractivity contribution in [2.75, 3.05) is 26.2 Å². The molecule has 0 aliphatic carbocycles. The summed E-state index contributed by atoms with van der Waals surface area (Å²) in [6.07, 6.45) is 5.29. The van der Waals surface area contributed by atoms with Crippen LogP contribution in [0.2, 0.25) is 0 Å². The number of hydrogen-bond acceptors (Lipinski definition) is 3. The average molecular weight is 355 g/mol. The third kappa shape index (κ3) is 3.60. The average Bonchev–Trinajstić information content (AvgIpc) is 3.37. The highest BCUT2D eigenvalue weighted by Crippen LogP contribution is 2.22. The molecule has 2 saturated heterocycles. The molecule has 2 aromatic rings. The Labute approximate surface area is 152 Å². The van der Waals surface area contributed by atoms with Crippen molar-refractivity contribution in [2.24, 2.45) is 5.92 Å². The number of amides is 2. The lowest BCUT2D eigenvalue weighted by Crippen LogP contribution is -2.36. The number of nitrogens with one attached hydrogen (secondary N) is 2. The zero-order valence-corrected chi connectivity index (χ0v) is 14.9. The Balaban J connectivity index is 1.26. The largest absolute Gasteiger partial charge is 0.376 e. The monoisotopic (exact) mass is 355 g/mol. The summed E-state index contributed by atoms with van der Waals surface area (Å²) in [7, 11) is 0. The Kier molecular flexibility index (Phi) is 4.93. The lowest BCUT2D eigenvalue weighted by Gasteiger charge is -2.20. The van der Waals surface area contributed by atoms with E-state index in [0.29, 0.717) is 26.1 Å². The summed E-state index contributed by atoms with van der Waals surface area (Å²) in [5, 5.41) is 4.19. The van der Waals surface area contributed by atoms with Gasteiger partial charge in [0, 0.05) is 49.8 Å². The number of aromatic nitrogens is 1. The Morgan fingerprint density at radius 2 is 2.23 bits per heavy atom. The number of fused-ring (bicyclic) bond motifs is 1. The van der Waals surface area contributed by atoms with E-state index in [1.807, 2.05) is 24.4 Å². The molecule has 3 heterocycles. The van der Waals surface area contributed by atoms with Crippen LogP contribution in [0.25, 0.3) is 10.9 Å². The van der Waals surface area contributed by atoms with Crippen LogP contribution in [0.1, 0.15) is 24.8 Å². The number of likely N-dealkylation sites (tertiary alicyclic amines) is 1. The van der Waals surface area contributed by atoms with Gasteiger partial charge in [0.05, 0.1) is 12.0 Å². The summed E-state index contributed by atoms with van der Waals surface area (Å²) in [5.41, 5.74) is 2.31. The van der Waals surface area contributed by atoms with Gasteiger partial charge in [0.2, 0.25) is 11.8 Å². The second-order valence-corrected chi connectivity index (χ2v) is 7.24. The molecule has 2 fully saturated rings. The third-order valence-corrected chi connectivity index (χ3v) is 5.40. The van der Waals surface area contributed by atoms with Gasteiger partial charge < -0.3 is 19.9 Å². The van der Waals surface area contributed by atoms with E-state index in [-0.39, 0.29) is 23.8 Å². The van der Waals surface area contributed by atoms with E-state index in [4.69, 9.17) is 4.74 Å². The highest BCUT2D eigenvalue weighted by molar-refractivity contribution is 5.89. The van der Waals surface area contributed by atoms with Crippen LogP contribution >= 0.6 is 0 Å². The second kappa shape index (κ2) is 7.50. The van der Waals surface area contributed by atoms with Gasteiger partial charge in [-0.15, -0.1) is 0 Å². The van der Waals surface area contributed by atoms with Crippen molar-refractivity contribution in [1.29, 1.82) is 0 Å². The molecule has 0 saturated carbocycles. The Bertz CT molecular complexity index is 794. The van der Waals surface area contributed by atoms with E-state index in [2.05, 4.69) is 16.4 Å². The quantitative estimate of drug-likeness (QED) is 0.830. The maximum absolute atomic E-state index is 12.4. The molecule has 6 nitrogen and oxygen atoms in total. The maximum atomic E-state index is 12.4. The molecule has 138 valence electrons. The Hall–Kier alpha value is -2.34. The third-order valence-electron chi connectivity index (χ3n) is 5.40. The lowest BCUT2D eigenvalue weighted by atomic mass is 10.1. The molecule has 2 aliphatic heterocycles. The molecule has 2 unspecified atom stereocenters. The smallest absolute Gasteiger partial charge is 0.225 e. The van der Waals surface area contributed by atoms with Gasteiger partial charge in [-0.3, -0.25) is 9.59 Å². The van der Waals surface area contributed by atoms with Gasteiger partial charge in [-0.05, 0) is 30.9 Å². The van der Waals surface area contributed by atoms with Crippen molar-refractivity contribution in [1.82, 2.24) is 15.2 Å². The summed E-state index contributed by atoms with van der Waals surface area (Å²) >= 11 is 0. The van der Waals surface area contributed by atoms with Gasteiger partial charge in [-0.2, -0.15) is 0 Å². The van der Waals surface area contributed by atoms with Crippen molar-refractivity contribution in [3.05, 3.63) is 36.0 Å². The first-order chi connectivity index (χ1) is 12.7. The molecule has 26 heavy (non-hydrogen) atoms. The standard InChI is InChI=1S/C20H25N3O3/c24-19-10-15(12-23(19)13-16-4-3-9-26-16)20(25)21-8-7-14-11-22-18-6-2-1-5-17(14)18/h1-2,5-6,11,15-16,22H,3-4,7-10,12-13H2,(H,21,25). The fourth-order valence-electron chi connectivity index (χ4n) is 3.96. The summed E-state index contributed by atoms with van der Waals surface area (Å²) < 4.78 is 5.60. The van der Waals surface area contributed by atoms with Crippen LogP contribution in [-0.2, 0) is 20.7 Å². The first kappa shape index (κ1) is 17.1. The summed E-state index contributed by atoms with van der Waals surface area (Å²) in [5.74, 6) is -0.197. The van der Waals surface area contributed by atoms with E-state index in [1.165, 1.54) is 10.9 Å². The van der Waals surface area contributed by atoms with Crippen LogP contribution in [0.15, 0.2) is 30.5 Å². The molecule has 1 aromatic carbocycles. The number of rotatable bonds is 6. The van der Waals surface area contributed by atoms with Crippen LogP contribution < -0.4 is 5.32 Å². The number of ether oxygens (including phenoxy) is 1. The minimum Gasteiger partial charge on any atom is -0.376 e. The van der Waals surface area contributed by atoms with E-state index >= 15 is 0 Å². The van der Waals surface area contributed by atoms with Crippen LogP contribution in [0, 0.1) is 5.92 Å². The normalized spacial score (nSPS) is 23.1. The fourth-order valence-corrected chi connectivity index (χ4v) is 3.96. The lowest BCUT2D eigenvalue weighted by molar-refractivity contribution is -0.129. The van der Waals surface area contributed by atoms with Gasteiger partial charge >= 0.3 is 0 Å². The first-order valence-corrected chi connectivity index (χ1v) is 9.43. The van der Waals surface area contributed by atoms with Gasteiger partial charge in [0.1, 0.15) is 0 Å². The predicted molar refractivity (Wildman–Crippen MR) is 98.7 cm³/mol. The molecule has 2 N–H and O–H groups in total. The number of H-pyrrole nitrogens is 1. The van der Waals surface area contributed by atoms with Gasteiger partial charge in [-0.1, -0.05) is 18.2 Å². The Morgan fingerprint density at radius 3 is 3.08 bits per heavy atom. The van der Waals surface area contributed by atoms with Crippen LogP contribution in [0.5, 0.6) is 0 Å². The number of carbonyl (C=O) groups excluding carboxylic acids is 2. The summed E-state index contributed by atoms with van der Waals surface area (Å²) in [6.45, 7) is 2.50. The minimum absolute atomic E-state index is 0.0203. The van der Waals surface area contributed by atoms with Crippen LogP contribution in [0.3, 0.4) is 0 Å². The van der Waals surface area contributed by atoms with Crippen molar-refractivity contribution in [3.63, 3.8) is 0 Å². The number of benzene rings is 1. The second-order valence-electron chi connectivity index (χ2n) is 7.24. The number of nitrogens with zero attached hydrogens (tertiary/aromatic N) is 1. The number of para-hydroxylation sites is 1. The van der Waals surface area contributed by atoms with Gasteiger partial charge in [-0.25, -0.2) is 0 Å².